The monoisotopic (exact) mass is 516 g/mol. The van der Waals surface area contributed by atoms with E-state index in [9.17, 15) is 15.2 Å². The molecule has 1 spiro atoms. The van der Waals surface area contributed by atoms with Gasteiger partial charge in [0.1, 0.15) is 11.2 Å². The Morgan fingerprint density at radius 2 is 2.14 bits per heavy atom. The van der Waals surface area contributed by atoms with Crippen molar-refractivity contribution in [3.63, 3.8) is 0 Å². The van der Waals surface area contributed by atoms with Crippen LogP contribution in [0.2, 0.25) is 5.15 Å². The maximum absolute atomic E-state index is 11.8. The highest BCUT2D eigenvalue weighted by Gasteiger charge is 2.54. The van der Waals surface area contributed by atoms with Gasteiger partial charge in [-0.05, 0) is 80.5 Å². The van der Waals surface area contributed by atoms with Gasteiger partial charge in [-0.25, -0.2) is 19.7 Å². The van der Waals surface area contributed by atoms with Crippen molar-refractivity contribution in [2.45, 2.75) is 52.0 Å². The van der Waals surface area contributed by atoms with E-state index in [2.05, 4.69) is 21.3 Å². The zero-order valence-corrected chi connectivity index (χ0v) is 21.7. The lowest BCUT2D eigenvalue weighted by molar-refractivity contribution is 0.0691. The average molecular weight is 517 g/mol. The second-order valence-electron chi connectivity index (χ2n) is 11.0. The molecular formula is C28H29ClN6O2. The molecule has 2 N–H and O–H groups in total. The Morgan fingerprint density at radius 1 is 1.30 bits per heavy atom. The minimum atomic E-state index is -1.16. The minimum absolute atomic E-state index is 0.120. The van der Waals surface area contributed by atoms with Crippen molar-refractivity contribution in [1.29, 1.82) is 5.26 Å². The van der Waals surface area contributed by atoms with Crippen LogP contribution in [0.15, 0.2) is 24.3 Å². The molecule has 1 saturated heterocycles. The molecule has 3 aliphatic rings. The van der Waals surface area contributed by atoms with Crippen LogP contribution >= 0.6 is 11.6 Å². The SMILES string of the molecule is Cc1cc([C@@H](C)Nc2ccc(Cl)nc2C(=O)O)c2nc(N3CCC4(CC5CCC4C5)C3)c(C#N)nc2c1. The molecule has 190 valence electrons. The fraction of sp³-hybridized carbons (Fsp3) is 0.464. The van der Waals surface area contributed by atoms with Crippen LogP contribution in [-0.2, 0) is 0 Å². The summed E-state index contributed by atoms with van der Waals surface area (Å²) in [7, 11) is 0. The number of carbonyl (C=O) groups is 1. The number of nitrogens with zero attached hydrogens (tertiary/aromatic N) is 5. The van der Waals surface area contributed by atoms with E-state index in [1.807, 2.05) is 26.0 Å². The minimum Gasteiger partial charge on any atom is -0.476 e. The third-order valence-corrected chi connectivity index (χ3v) is 8.93. The molecule has 1 aliphatic heterocycles. The van der Waals surface area contributed by atoms with E-state index in [1.54, 1.807) is 12.1 Å². The molecule has 37 heavy (non-hydrogen) atoms. The molecule has 2 aromatic heterocycles. The first-order valence-electron chi connectivity index (χ1n) is 12.9. The van der Waals surface area contributed by atoms with Gasteiger partial charge in [0.05, 0.1) is 22.8 Å². The molecule has 6 rings (SSSR count). The summed E-state index contributed by atoms with van der Waals surface area (Å²) >= 11 is 5.94. The number of benzene rings is 1. The Hall–Kier alpha value is -3.44. The lowest BCUT2D eigenvalue weighted by Crippen LogP contribution is -2.32. The summed E-state index contributed by atoms with van der Waals surface area (Å²) in [5.41, 5.74) is 4.19. The van der Waals surface area contributed by atoms with E-state index < -0.39 is 5.97 Å². The molecule has 3 heterocycles. The smallest absolute Gasteiger partial charge is 0.356 e. The van der Waals surface area contributed by atoms with Gasteiger partial charge in [0.25, 0.3) is 0 Å². The van der Waals surface area contributed by atoms with Crippen molar-refractivity contribution < 1.29 is 9.90 Å². The number of anilines is 2. The van der Waals surface area contributed by atoms with Gasteiger partial charge >= 0.3 is 5.97 Å². The number of hydrogen-bond acceptors (Lipinski definition) is 7. The van der Waals surface area contributed by atoms with E-state index in [1.165, 1.54) is 25.7 Å². The van der Waals surface area contributed by atoms with E-state index in [4.69, 9.17) is 21.6 Å². The van der Waals surface area contributed by atoms with Gasteiger partial charge in [-0.1, -0.05) is 24.1 Å². The number of carboxylic acids is 1. The second kappa shape index (κ2) is 8.84. The molecule has 2 aliphatic carbocycles. The summed E-state index contributed by atoms with van der Waals surface area (Å²) in [4.78, 5) is 27.8. The zero-order valence-electron chi connectivity index (χ0n) is 21.0. The standard InChI is InChI=1S/C28H29ClN6O2/c1-15-9-19(16(2)31-20-5-6-23(29)33-25(20)27(36)37)24-21(10-15)32-22(13-30)26(34-24)35-8-7-28(14-35)12-17-3-4-18(28)11-17/h5-6,9-10,16-18,31H,3-4,7-8,11-12,14H2,1-2H3,(H,36,37)/t16-,17?,18?,28?/m1/s1. The van der Waals surface area contributed by atoms with Gasteiger partial charge in [-0.3, -0.25) is 0 Å². The first-order valence-corrected chi connectivity index (χ1v) is 13.3. The Labute approximate surface area is 220 Å². The first-order chi connectivity index (χ1) is 17.8. The highest BCUT2D eigenvalue weighted by Crippen LogP contribution is 2.60. The first kappa shape index (κ1) is 23.9. The van der Waals surface area contributed by atoms with Gasteiger partial charge in [0.15, 0.2) is 17.2 Å². The third kappa shape index (κ3) is 4.06. The number of carboxylic acid groups (broad SMARTS) is 1. The number of rotatable bonds is 5. The van der Waals surface area contributed by atoms with Crippen LogP contribution in [0, 0.1) is 35.5 Å². The number of nitriles is 1. The van der Waals surface area contributed by atoms with Crippen molar-refractivity contribution in [3.05, 3.63) is 51.9 Å². The van der Waals surface area contributed by atoms with Crippen LogP contribution in [-0.4, -0.2) is 39.1 Å². The van der Waals surface area contributed by atoms with Crippen LogP contribution in [0.25, 0.3) is 11.0 Å². The van der Waals surface area contributed by atoms with Crippen LogP contribution in [0.1, 0.15) is 72.4 Å². The fourth-order valence-corrected chi connectivity index (χ4v) is 7.26. The molecule has 3 unspecified atom stereocenters. The molecule has 0 radical (unpaired) electrons. The largest absolute Gasteiger partial charge is 0.476 e. The maximum atomic E-state index is 11.8. The number of fused-ring (bicyclic) bond motifs is 4. The van der Waals surface area contributed by atoms with Crippen molar-refractivity contribution in [2.24, 2.45) is 17.3 Å². The highest BCUT2D eigenvalue weighted by atomic mass is 35.5. The summed E-state index contributed by atoms with van der Waals surface area (Å²) in [6, 6.07) is 9.16. The average Bonchev–Trinajstić information content (AvgIpc) is 3.60. The summed E-state index contributed by atoms with van der Waals surface area (Å²) in [5.74, 6) is 1.16. The number of halogens is 1. The van der Waals surface area contributed by atoms with Crippen molar-refractivity contribution in [3.8, 4) is 6.07 Å². The number of nitrogens with one attached hydrogen (secondary N) is 1. The van der Waals surface area contributed by atoms with Crippen molar-refractivity contribution in [2.75, 3.05) is 23.3 Å². The van der Waals surface area contributed by atoms with Gasteiger partial charge < -0.3 is 15.3 Å². The van der Waals surface area contributed by atoms with E-state index in [-0.39, 0.29) is 16.9 Å². The zero-order chi connectivity index (χ0) is 25.9. The summed E-state index contributed by atoms with van der Waals surface area (Å²) in [6.07, 6.45) is 6.50. The maximum Gasteiger partial charge on any atom is 0.356 e. The third-order valence-electron chi connectivity index (χ3n) is 8.72. The molecule has 8 nitrogen and oxygen atoms in total. The molecule has 0 amide bonds. The fourth-order valence-electron chi connectivity index (χ4n) is 7.11. The number of aromatic carboxylic acids is 1. The van der Waals surface area contributed by atoms with Crippen LogP contribution in [0.5, 0.6) is 0 Å². The Balaban J connectivity index is 1.38. The Morgan fingerprint density at radius 3 is 2.84 bits per heavy atom. The topological polar surface area (TPSA) is 115 Å². The van der Waals surface area contributed by atoms with Crippen molar-refractivity contribution in [1.82, 2.24) is 15.0 Å². The van der Waals surface area contributed by atoms with Gasteiger partial charge in [0, 0.05) is 18.7 Å². The predicted molar refractivity (Wildman–Crippen MR) is 142 cm³/mol. The molecule has 4 atom stereocenters. The molecular weight excluding hydrogens is 488 g/mol. The molecule has 1 aromatic carbocycles. The van der Waals surface area contributed by atoms with Crippen LogP contribution in [0.4, 0.5) is 11.5 Å². The summed E-state index contributed by atoms with van der Waals surface area (Å²) in [6.45, 7) is 5.76. The molecule has 3 aromatic rings. The van der Waals surface area contributed by atoms with Gasteiger partial charge in [0.2, 0.25) is 0 Å². The lowest BCUT2D eigenvalue weighted by Gasteiger charge is -2.34. The molecule has 2 bridgehead atoms. The number of pyridine rings is 1. The normalized spacial score (nSPS) is 25.1. The number of hydrogen-bond donors (Lipinski definition) is 2. The van der Waals surface area contributed by atoms with Crippen molar-refractivity contribution >= 4 is 40.1 Å². The molecule has 3 fully saturated rings. The van der Waals surface area contributed by atoms with E-state index >= 15 is 0 Å². The highest BCUT2D eigenvalue weighted by molar-refractivity contribution is 6.29. The van der Waals surface area contributed by atoms with E-state index in [0.29, 0.717) is 33.6 Å². The number of aryl methyl sites for hydroxylation is 1. The van der Waals surface area contributed by atoms with Crippen LogP contribution < -0.4 is 10.2 Å². The predicted octanol–water partition coefficient (Wildman–Crippen LogP) is 5.75. The van der Waals surface area contributed by atoms with Crippen LogP contribution in [0.3, 0.4) is 0 Å². The molecule has 2 saturated carbocycles. The Kier molecular flexibility index (Phi) is 5.72. The lowest BCUT2D eigenvalue weighted by atomic mass is 9.72. The summed E-state index contributed by atoms with van der Waals surface area (Å²) < 4.78 is 0. The number of aromatic nitrogens is 3. The second-order valence-corrected chi connectivity index (χ2v) is 11.4. The van der Waals surface area contributed by atoms with E-state index in [0.717, 1.165) is 42.5 Å². The summed E-state index contributed by atoms with van der Waals surface area (Å²) in [5, 5.41) is 23.0. The van der Waals surface area contributed by atoms with Gasteiger partial charge in [-0.2, -0.15) is 5.26 Å². The molecule has 9 heteroatoms. The quantitative estimate of drug-likeness (QED) is 0.412. The Bertz CT molecular complexity index is 1470. The van der Waals surface area contributed by atoms with Gasteiger partial charge in [-0.15, -0.1) is 0 Å².